The van der Waals surface area contributed by atoms with Gasteiger partial charge in [0.05, 0.1) is 30.4 Å². The summed E-state index contributed by atoms with van der Waals surface area (Å²) in [7, 11) is 1.40. The second kappa shape index (κ2) is 8.00. The van der Waals surface area contributed by atoms with Crippen LogP contribution in [0.4, 0.5) is 5.69 Å². The van der Waals surface area contributed by atoms with Crippen molar-refractivity contribution in [3.8, 4) is 11.8 Å². The average Bonchev–Trinajstić information content (AvgIpc) is 3.44. The number of benzene rings is 2. The molecule has 1 unspecified atom stereocenters. The van der Waals surface area contributed by atoms with Gasteiger partial charge in [-0.05, 0) is 56.5 Å². The Labute approximate surface area is 171 Å². The fraction of sp³-hybridized carbons (Fsp3) is 0.333. The Morgan fingerprint density at radius 3 is 2.52 bits per heavy atom. The molecule has 0 aliphatic carbocycles. The van der Waals surface area contributed by atoms with Gasteiger partial charge in [-0.15, -0.1) is 5.92 Å². The van der Waals surface area contributed by atoms with E-state index in [1.807, 2.05) is 10.7 Å². The molecule has 3 aromatic rings. The van der Waals surface area contributed by atoms with Crippen LogP contribution in [-0.4, -0.2) is 35.9 Å². The van der Waals surface area contributed by atoms with Gasteiger partial charge in [0.2, 0.25) is 0 Å². The van der Waals surface area contributed by atoms with E-state index < -0.39 is 0 Å². The van der Waals surface area contributed by atoms with E-state index in [9.17, 15) is 4.79 Å². The molecule has 1 aliphatic rings. The minimum absolute atomic E-state index is 0.0339. The van der Waals surface area contributed by atoms with Crippen molar-refractivity contribution in [2.45, 2.75) is 32.7 Å². The summed E-state index contributed by atoms with van der Waals surface area (Å²) < 4.78 is 6.90. The molecule has 1 fully saturated rings. The molecular formula is C24H25N3O2. The number of carbonyl (C=O) groups excluding carboxylic acids is 1. The SMILES string of the molecule is CC#Cc1ccc(C(=O)OC)c2c1cnn2C(C)c1ccc(N2CCCC2)cc1. The maximum atomic E-state index is 12.4. The predicted octanol–water partition coefficient (Wildman–Crippen LogP) is 4.40. The number of fused-ring (bicyclic) bond motifs is 1. The van der Waals surface area contributed by atoms with Crippen LogP contribution in [0.3, 0.4) is 0 Å². The lowest BCUT2D eigenvalue weighted by Crippen LogP contribution is -2.17. The number of hydrogen-bond donors (Lipinski definition) is 0. The topological polar surface area (TPSA) is 47.4 Å². The van der Waals surface area contributed by atoms with Gasteiger partial charge in [-0.2, -0.15) is 5.10 Å². The maximum absolute atomic E-state index is 12.4. The second-order valence-electron chi connectivity index (χ2n) is 7.34. The molecule has 1 aromatic heterocycles. The van der Waals surface area contributed by atoms with E-state index in [-0.39, 0.29) is 12.0 Å². The highest BCUT2D eigenvalue weighted by Gasteiger charge is 2.21. The first kappa shape index (κ1) is 19.1. The van der Waals surface area contributed by atoms with Crippen molar-refractivity contribution in [3.63, 3.8) is 0 Å². The van der Waals surface area contributed by atoms with Crippen LogP contribution in [0, 0.1) is 11.8 Å². The number of carbonyl (C=O) groups is 1. The van der Waals surface area contributed by atoms with Gasteiger partial charge in [-0.1, -0.05) is 18.1 Å². The first-order chi connectivity index (χ1) is 14.1. The van der Waals surface area contributed by atoms with Crippen LogP contribution in [0.5, 0.6) is 0 Å². The van der Waals surface area contributed by atoms with E-state index in [0.29, 0.717) is 5.56 Å². The first-order valence-corrected chi connectivity index (χ1v) is 10.00. The fourth-order valence-electron chi connectivity index (χ4n) is 4.06. The van der Waals surface area contributed by atoms with Crippen LogP contribution < -0.4 is 4.90 Å². The number of aromatic nitrogens is 2. The van der Waals surface area contributed by atoms with Crippen LogP contribution in [0.1, 0.15) is 54.2 Å². The van der Waals surface area contributed by atoms with Crippen LogP contribution in [0.2, 0.25) is 0 Å². The number of ether oxygens (including phenoxy) is 1. The van der Waals surface area contributed by atoms with Crippen LogP contribution in [0.25, 0.3) is 10.9 Å². The highest BCUT2D eigenvalue weighted by atomic mass is 16.5. The van der Waals surface area contributed by atoms with Crippen molar-refractivity contribution in [1.82, 2.24) is 9.78 Å². The van der Waals surface area contributed by atoms with Crippen molar-refractivity contribution < 1.29 is 9.53 Å². The van der Waals surface area contributed by atoms with Crippen molar-refractivity contribution in [2.24, 2.45) is 0 Å². The van der Waals surface area contributed by atoms with Crippen LogP contribution in [0.15, 0.2) is 42.6 Å². The molecule has 1 atom stereocenters. The summed E-state index contributed by atoms with van der Waals surface area (Å²) in [6.45, 7) is 6.15. The molecule has 29 heavy (non-hydrogen) atoms. The number of rotatable bonds is 4. The summed E-state index contributed by atoms with van der Waals surface area (Å²) in [5.74, 6) is 5.67. The first-order valence-electron chi connectivity index (χ1n) is 10.00. The third-order valence-electron chi connectivity index (χ3n) is 5.64. The molecular weight excluding hydrogens is 362 g/mol. The van der Waals surface area contributed by atoms with Gasteiger partial charge < -0.3 is 9.64 Å². The number of anilines is 1. The van der Waals surface area contributed by atoms with Crippen LogP contribution in [-0.2, 0) is 4.74 Å². The summed E-state index contributed by atoms with van der Waals surface area (Å²) in [6, 6.07) is 12.3. The van der Waals surface area contributed by atoms with Crippen LogP contribution >= 0.6 is 0 Å². The molecule has 0 bridgehead atoms. The number of methoxy groups -OCH3 is 1. The summed E-state index contributed by atoms with van der Waals surface area (Å²) in [6.07, 6.45) is 4.31. The summed E-state index contributed by atoms with van der Waals surface area (Å²) in [5.41, 5.74) is 4.52. The molecule has 1 saturated heterocycles. The third kappa shape index (κ3) is 3.47. The van der Waals surface area contributed by atoms with Gasteiger partial charge in [0.25, 0.3) is 0 Å². The van der Waals surface area contributed by atoms with Gasteiger partial charge in [0.1, 0.15) is 0 Å². The molecule has 1 aliphatic heterocycles. The molecule has 0 amide bonds. The smallest absolute Gasteiger partial charge is 0.340 e. The van der Waals surface area contributed by atoms with Gasteiger partial charge in [0.15, 0.2) is 0 Å². The number of hydrogen-bond acceptors (Lipinski definition) is 4. The molecule has 0 N–H and O–H groups in total. The lowest BCUT2D eigenvalue weighted by atomic mass is 10.0. The monoisotopic (exact) mass is 387 g/mol. The zero-order chi connectivity index (χ0) is 20.4. The van der Waals surface area contributed by atoms with E-state index >= 15 is 0 Å². The van der Waals surface area contributed by atoms with Gasteiger partial charge in [-0.25, -0.2) is 4.79 Å². The second-order valence-corrected chi connectivity index (χ2v) is 7.34. The van der Waals surface area contributed by atoms with Gasteiger partial charge in [-0.3, -0.25) is 4.68 Å². The van der Waals surface area contributed by atoms with E-state index in [1.54, 1.807) is 19.2 Å². The quantitative estimate of drug-likeness (QED) is 0.492. The predicted molar refractivity (Wildman–Crippen MR) is 115 cm³/mol. The Morgan fingerprint density at radius 1 is 1.14 bits per heavy atom. The molecule has 0 radical (unpaired) electrons. The molecule has 4 rings (SSSR count). The zero-order valence-corrected chi connectivity index (χ0v) is 17.1. The minimum atomic E-state index is -0.371. The van der Waals surface area contributed by atoms with Gasteiger partial charge in [0, 0.05) is 29.7 Å². The number of esters is 1. The molecule has 148 valence electrons. The Balaban J connectivity index is 1.77. The van der Waals surface area contributed by atoms with Crippen molar-refractivity contribution in [3.05, 3.63) is 59.3 Å². The molecule has 0 spiro atoms. The Bertz CT molecular complexity index is 1100. The lowest BCUT2D eigenvalue weighted by molar-refractivity contribution is 0.0602. The standard InChI is InChI=1S/C24H25N3O2/c1-4-7-19-10-13-21(24(28)29-3)23-22(19)16-25-27(23)17(2)18-8-11-20(12-9-18)26-14-5-6-15-26/h8-13,16-17H,5-6,14-15H2,1-3H3. The summed E-state index contributed by atoms with van der Waals surface area (Å²) in [5, 5.41) is 5.49. The Morgan fingerprint density at radius 2 is 1.86 bits per heavy atom. The van der Waals surface area contributed by atoms with E-state index in [2.05, 4.69) is 53.0 Å². The lowest BCUT2D eigenvalue weighted by Gasteiger charge is -2.20. The highest BCUT2D eigenvalue weighted by molar-refractivity contribution is 6.04. The van der Waals surface area contributed by atoms with Crippen molar-refractivity contribution >= 4 is 22.6 Å². The summed E-state index contributed by atoms with van der Waals surface area (Å²) >= 11 is 0. The molecule has 2 aromatic carbocycles. The molecule has 5 nitrogen and oxygen atoms in total. The van der Waals surface area contributed by atoms with Crippen molar-refractivity contribution in [2.75, 3.05) is 25.1 Å². The third-order valence-corrected chi connectivity index (χ3v) is 5.64. The van der Waals surface area contributed by atoms with E-state index in [0.717, 1.165) is 35.1 Å². The fourth-order valence-corrected chi connectivity index (χ4v) is 4.06. The molecule has 5 heteroatoms. The van der Waals surface area contributed by atoms with E-state index in [1.165, 1.54) is 25.6 Å². The Hall–Kier alpha value is -3.26. The maximum Gasteiger partial charge on any atom is 0.340 e. The number of nitrogens with zero attached hydrogens (tertiary/aromatic N) is 3. The average molecular weight is 387 g/mol. The zero-order valence-electron chi connectivity index (χ0n) is 17.1. The van der Waals surface area contributed by atoms with Gasteiger partial charge >= 0.3 is 5.97 Å². The minimum Gasteiger partial charge on any atom is -0.465 e. The normalized spacial score (nSPS) is 14.5. The largest absolute Gasteiger partial charge is 0.465 e. The van der Waals surface area contributed by atoms with E-state index in [4.69, 9.17) is 4.74 Å². The molecule has 0 saturated carbocycles. The Kier molecular flexibility index (Phi) is 5.26. The summed E-state index contributed by atoms with van der Waals surface area (Å²) in [4.78, 5) is 14.8. The highest BCUT2D eigenvalue weighted by Crippen LogP contribution is 2.30. The molecule has 2 heterocycles. The van der Waals surface area contributed by atoms with Crippen molar-refractivity contribution in [1.29, 1.82) is 0 Å².